The summed E-state index contributed by atoms with van der Waals surface area (Å²) in [6, 6.07) is 7.73. The standard InChI is InChI=1S/C30H43N3O6/c1-19-16-24(32-27(19)28(36)33(8)37-9)21-12-10-20(11-13-21)17-22(14-15-25(34)38-29(2,3)4)23(31)18-26(35)39-30(5,6)7/h10-13,16,19,22,31H,14-15,17-18H2,1-9H3. The normalized spacial score (nSPS) is 16.2. The van der Waals surface area contributed by atoms with Crippen LogP contribution in [0.5, 0.6) is 0 Å². The van der Waals surface area contributed by atoms with Crippen molar-refractivity contribution >= 4 is 35.0 Å². The van der Waals surface area contributed by atoms with Crippen molar-refractivity contribution in [1.82, 2.24) is 5.06 Å². The number of carbonyl (C=O) groups is 3. The van der Waals surface area contributed by atoms with Gasteiger partial charge in [-0.2, -0.15) is 0 Å². The van der Waals surface area contributed by atoms with Gasteiger partial charge in [-0.1, -0.05) is 31.2 Å². The van der Waals surface area contributed by atoms with Crippen molar-refractivity contribution < 1.29 is 28.7 Å². The van der Waals surface area contributed by atoms with Gasteiger partial charge < -0.3 is 14.9 Å². The first kappa shape index (κ1) is 31.9. The Kier molecular flexibility index (Phi) is 10.8. The van der Waals surface area contributed by atoms with Crippen molar-refractivity contribution in [3.8, 4) is 0 Å². The van der Waals surface area contributed by atoms with E-state index < -0.39 is 17.2 Å². The molecule has 2 unspecified atom stereocenters. The molecule has 9 nitrogen and oxygen atoms in total. The molecule has 2 rings (SSSR count). The first-order valence-electron chi connectivity index (χ1n) is 13.2. The lowest BCUT2D eigenvalue weighted by atomic mass is 9.88. The van der Waals surface area contributed by atoms with Crippen LogP contribution in [0.25, 0.3) is 5.70 Å². The maximum Gasteiger partial charge on any atom is 0.312 e. The summed E-state index contributed by atoms with van der Waals surface area (Å²) in [5.41, 5.74) is 1.93. The van der Waals surface area contributed by atoms with Crippen LogP contribution >= 0.6 is 0 Å². The molecule has 214 valence electrons. The first-order valence-corrected chi connectivity index (χ1v) is 13.2. The van der Waals surface area contributed by atoms with E-state index in [9.17, 15) is 14.4 Å². The van der Waals surface area contributed by atoms with Crippen LogP contribution in [0, 0.1) is 17.2 Å². The molecule has 0 aliphatic carbocycles. The van der Waals surface area contributed by atoms with E-state index in [1.54, 1.807) is 27.8 Å². The number of carbonyl (C=O) groups excluding carboxylic acids is 3. The number of nitrogens with zero attached hydrogens (tertiary/aromatic N) is 2. The van der Waals surface area contributed by atoms with Gasteiger partial charge in [-0.15, -0.1) is 0 Å². The second-order valence-corrected chi connectivity index (χ2v) is 11.8. The zero-order valence-corrected chi connectivity index (χ0v) is 24.7. The molecule has 0 radical (unpaired) electrons. The van der Waals surface area contributed by atoms with Crippen molar-refractivity contribution in [3.63, 3.8) is 0 Å². The third-order valence-corrected chi connectivity index (χ3v) is 5.96. The summed E-state index contributed by atoms with van der Waals surface area (Å²) in [5, 5.41) is 9.80. The number of hydrogen-bond donors (Lipinski definition) is 1. The predicted molar refractivity (Wildman–Crippen MR) is 151 cm³/mol. The summed E-state index contributed by atoms with van der Waals surface area (Å²) < 4.78 is 10.8. The van der Waals surface area contributed by atoms with Crippen molar-refractivity contribution in [2.24, 2.45) is 16.8 Å². The maximum absolute atomic E-state index is 12.5. The van der Waals surface area contributed by atoms with Crippen molar-refractivity contribution in [3.05, 3.63) is 41.5 Å². The number of rotatable bonds is 11. The highest BCUT2D eigenvalue weighted by molar-refractivity contribution is 6.41. The minimum atomic E-state index is -0.641. The molecule has 0 aromatic heterocycles. The number of allylic oxidation sites excluding steroid dienone is 1. The zero-order valence-electron chi connectivity index (χ0n) is 24.7. The van der Waals surface area contributed by atoms with Crippen LogP contribution in [-0.2, 0) is 35.1 Å². The number of benzene rings is 1. The van der Waals surface area contributed by atoms with Gasteiger partial charge in [0.15, 0.2) is 0 Å². The fourth-order valence-electron chi connectivity index (χ4n) is 4.09. The predicted octanol–water partition coefficient (Wildman–Crippen LogP) is 5.17. The second kappa shape index (κ2) is 13.2. The molecule has 39 heavy (non-hydrogen) atoms. The van der Waals surface area contributed by atoms with E-state index in [0.717, 1.165) is 16.2 Å². The smallest absolute Gasteiger partial charge is 0.312 e. The molecular formula is C30H43N3O6. The quantitative estimate of drug-likeness (QED) is 0.235. The Morgan fingerprint density at radius 2 is 1.56 bits per heavy atom. The largest absolute Gasteiger partial charge is 0.460 e. The lowest BCUT2D eigenvalue weighted by molar-refractivity contribution is -0.160. The average molecular weight is 542 g/mol. The molecule has 0 spiro atoms. The average Bonchev–Trinajstić information content (AvgIpc) is 3.20. The van der Waals surface area contributed by atoms with Crippen LogP contribution in [0.2, 0.25) is 0 Å². The minimum Gasteiger partial charge on any atom is -0.460 e. The summed E-state index contributed by atoms with van der Waals surface area (Å²) in [4.78, 5) is 46.8. The van der Waals surface area contributed by atoms with Gasteiger partial charge in [-0.3, -0.25) is 19.2 Å². The number of hydrogen-bond acceptors (Lipinski definition) is 8. The fraction of sp³-hybridized carbons (Fsp3) is 0.567. The van der Waals surface area contributed by atoms with E-state index in [1.807, 2.05) is 58.0 Å². The molecule has 9 heteroatoms. The Labute approximate surface area is 232 Å². The Balaban J connectivity index is 2.17. The number of esters is 2. The van der Waals surface area contributed by atoms with Crippen molar-refractivity contribution in [1.29, 1.82) is 5.41 Å². The van der Waals surface area contributed by atoms with Gasteiger partial charge in [0.05, 0.1) is 19.2 Å². The number of nitrogens with one attached hydrogen (secondary N) is 1. The van der Waals surface area contributed by atoms with E-state index in [2.05, 4.69) is 4.99 Å². The fourth-order valence-corrected chi connectivity index (χ4v) is 4.09. The molecule has 1 aromatic carbocycles. The van der Waals surface area contributed by atoms with Crippen molar-refractivity contribution in [2.45, 2.75) is 85.4 Å². The molecule has 1 heterocycles. The van der Waals surface area contributed by atoms with Gasteiger partial charge in [0, 0.05) is 31.0 Å². The van der Waals surface area contributed by atoms with E-state index in [-0.39, 0.29) is 42.3 Å². The van der Waals surface area contributed by atoms with Crippen molar-refractivity contribution in [2.75, 3.05) is 14.2 Å². The number of ether oxygens (including phenoxy) is 2. The summed E-state index contributed by atoms with van der Waals surface area (Å²) in [6.07, 6.45) is 2.80. The van der Waals surface area contributed by atoms with Gasteiger partial charge in [0.25, 0.3) is 5.91 Å². The molecular weight excluding hydrogens is 498 g/mol. The van der Waals surface area contributed by atoms with Gasteiger partial charge >= 0.3 is 11.9 Å². The lowest BCUT2D eigenvalue weighted by Gasteiger charge is -2.23. The number of amides is 1. The molecule has 1 aromatic rings. The third-order valence-electron chi connectivity index (χ3n) is 5.96. The highest BCUT2D eigenvalue weighted by atomic mass is 16.7. The SMILES string of the molecule is CON(C)C(=O)C1=NC(c2ccc(CC(CCC(=O)OC(C)(C)C)C(=N)CC(=O)OC(C)(C)C)cc2)=CC1C. The topological polar surface area (TPSA) is 118 Å². The molecule has 1 aliphatic heterocycles. The third kappa shape index (κ3) is 10.4. The van der Waals surface area contributed by atoms with Crippen LogP contribution in [0.4, 0.5) is 0 Å². The van der Waals surface area contributed by atoms with E-state index >= 15 is 0 Å². The minimum absolute atomic E-state index is 0.138. The van der Waals surface area contributed by atoms with Gasteiger partial charge in [-0.05, 0) is 71.6 Å². The Morgan fingerprint density at radius 1 is 1.00 bits per heavy atom. The highest BCUT2D eigenvalue weighted by Gasteiger charge is 2.27. The van der Waals surface area contributed by atoms with Crippen LogP contribution in [0.3, 0.4) is 0 Å². The second-order valence-electron chi connectivity index (χ2n) is 11.8. The molecule has 1 aliphatic rings. The van der Waals surface area contributed by atoms with Crippen LogP contribution in [0.1, 0.15) is 78.9 Å². The molecule has 1 amide bonds. The molecule has 2 atom stereocenters. The summed E-state index contributed by atoms with van der Waals surface area (Å²) in [6.45, 7) is 12.7. The Bertz CT molecular complexity index is 1120. The zero-order chi connectivity index (χ0) is 29.5. The van der Waals surface area contributed by atoms with Crippen LogP contribution in [-0.4, -0.2) is 59.7 Å². The van der Waals surface area contributed by atoms with E-state index in [1.165, 1.54) is 7.11 Å². The van der Waals surface area contributed by atoms with Crippen LogP contribution < -0.4 is 0 Å². The molecule has 1 N–H and O–H groups in total. The summed E-state index contributed by atoms with van der Waals surface area (Å²) in [7, 11) is 2.98. The molecule has 0 fully saturated rings. The van der Waals surface area contributed by atoms with Gasteiger partial charge in [-0.25, -0.2) is 10.1 Å². The highest BCUT2D eigenvalue weighted by Crippen LogP contribution is 2.28. The molecule has 0 saturated carbocycles. The van der Waals surface area contributed by atoms with Crippen LogP contribution in [0.15, 0.2) is 35.3 Å². The molecule has 0 saturated heterocycles. The van der Waals surface area contributed by atoms with Gasteiger partial charge in [0.1, 0.15) is 16.9 Å². The first-order chi connectivity index (χ1) is 18.0. The Morgan fingerprint density at radius 3 is 2.10 bits per heavy atom. The number of aliphatic imine (C=N–C) groups is 1. The summed E-state index contributed by atoms with van der Waals surface area (Å²) in [5.74, 6) is -1.57. The summed E-state index contributed by atoms with van der Waals surface area (Å²) >= 11 is 0. The monoisotopic (exact) mass is 541 g/mol. The van der Waals surface area contributed by atoms with Gasteiger partial charge in [0.2, 0.25) is 0 Å². The maximum atomic E-state index is 12.5. The molecule has 0 bridgehead atoms. The van der Waals surface area contributed by atoms with E-state index in [4.69, 9.17) is 19.7 Å². The number of hydroxylamine groups is 2. The Hall–Kier alpha value is -3.33. The lowest BCUT2D eigenvalue weighted by Crippen LogP contribution is -2.34. The van der Waals surface area contributed by atoms with E-state index in [0.29, 0.717) is 24.3 Å².